The molecule has 0 bridgehead atoms. The third kappa shape index (κ3) is 8.52. The summed E-state index contributed by atoms with van der Waals surface area (Å²) in [5, 5.41) is 1.85. The van der Waals surface area contributed by atoms with Crippen molar-refractivity contribution in [3.8, 4) is 28.8 Å². The second-order valence-corrected chi connectivity index (χ2v) is 19.6. The molecule has 8 aromatic rings. The third-order valence-corrected chi connectivity index (χ3v) is 10.6. The molecule has 0 aliphatic rings. The van der Waals surface area contributed by atoms with E-state index in [9.17, 15) is 0 Å². The van der Waals surface area contributed by atoms with Crippen LogP contribution in [0.4, 0.5) is 0 Å². The van der Waals surface area contributed by atoms with Crippen molar-refractivity contribution < 1.29 is 33.1 Å². The predicted molar refractivity (Wildman–Crippen MR) is 237 cm³/mol. The van der Waals surface area contributed by atoms with Gasteiger partial charge in [-0.2, -0.15) is 18.2 Å². The van der Waals surface area contributed by atoms with Crippen LogP contribution in [-0.4, -0.2) is 19.1 Å². The molecule has 0 N–H and O–H groups in total. The van der Waals surface area contributed by atoms with Gasteiger partial charge in [0.25, 0.3) is 6.33 Å². The van der Waals surface area contributed by atoms with Gasteiger partial charge in [0.15, 0.2) is 0 Å². The van der Waals surface area contributed by atoms with Crippen LogP contribution in [0.3, 0.4) is 0 Å². The first-order valence-electron chi connectivity index (χ1n) is 21.2. The molecule has 0 atom stereocenters. The summed E-state index contributed by atoms with van der Waals surface area (Å²) < 4.78 is 30.9. The maximum atomic E-state index is 9.07. The van der Waals surface area contributed by atoms with Gasteiger partial charge in [-0.05, 0) is 91.8 Å². The van der Waals surface area contributed by atoms with Crippen LogP contribution < -0.4 is 9.30 Å². The number of benzene rings is 4. The standard InChI is InChI=1S/C52H55N5O.Pt/c1-49(2,3)32-34-17-20-43-42(25-34)41-19-18-39(30-46(41)57(43)48-29-35(21-23-54-48)50(4,5)6)58-40-22-24-53-47(31-40)56-33-55(44-15-13-14-16-45(44)56)38-27-36(51(7,8)9)26-37(28-38)52(10,11)12;/h13-29H,32H2,1-12H3;/q-2;/i32D2;. The van der Waals surface area contributed by atoms with Gasteiger partial charge in [-0.25, -0.2) is 4.98 Å². The number of nitrogens with zero attached hydrogens (tertiary/aromatic N) is 5. The number of ether oxygens (including phenoxy) is 1. The SMILES string of the molecule is [2H]C([2H])(c1ccc2c(c1)c1ccc(Oc3[c-]c(-n4[c-][n+](-c5cc(C(C)(C)C)cc(C(C)(C)C)c5)c5ccccc54)ncc3)[c-]c1n2-c1cc(C(C)(C)C)ccn1)C(C)(C)C.[Pt]. The molecule has 4 aromatic carbocycles. The number of rotatable bonds is 6. The van der Waals surface area contributed by atoms with E-state index < -0.39 is 11.8 Å². The van der Waals surface area contributed by atoms with Gasteiger partial charge in [-0.15, -0.1) is 17.5 Å². The first-order chi connectivity index (χ1) is 28.0. The van der Waals surface area contributed by atoms with E-state index in [2.05, 4.69) is 132 Å². The summed E-state index contributed by atoms with van der Waals surface area (Å²) in [7, 11) is 0. The second kappa shape index (κ2) is 15.2. The van der Waals surface area contributed by atoms with E-state index >= 15 is 0 Å². The first kappa shape index (κ1) is 39.4. The number of para-hydroxylation sites is 2. The number of fused-ring (bicyclic) bond motifs is 4. The fourth-order valence-corrected chi connectivity index (χ4v) is 7.41. The van der Waals surface area contributed by atoms with E-state index in [1.165, 1.54) is 11.1 Å². The van der Waals surface area contributed by atoms with E-state index in [0.717, 1.165) is 49.9 Å². The topological polar surface area (TPSA) is 48.8 Å². The Morgan fingerprint density at radius 2 is 1.31 bits per heavy atom. The molecule has 0 unspecified atom stereocenters. The smallest absolute Gasteiger partial charge is 0.269 e. The summed E-state index contributed by atoms with van der Waals surface area (Å²) in [6, 6.07) is 37.9. The fourth-order valence-electron chi connectivity index (χ4n) is 7.41. The van der Waals surface area contributed by atoms with Crippen molar-refractivity contribution in [3.05, 3.63) is 144 Å². The van der Waals surface area contributed by atoms with Gasteiger partial charge in [0.05, 0.1) is 22.5 Å². The minimum absolute atomic E-state index is 0. The normalized spacial score (nSPS) is 13.4. The molecule has 8 rings (SSSR count). The number of hydrogen-bond acceptors (Lipinski definition) is 3. The van der Waals surface area contributed by atoms with Crippen LogP contribution >= 0.6 is 0 Å². The van der Waals surface area contributed by atoms with Gasteiger partial charge in [-0.1, -0.05) is 137 Å². The molecular weight excluding hydrogens is 906 g/mol. The average molecular weight is 963 g/mol. The summed E-state index contributed by atoms with van der Waals surface area (Å²) in [4.78, 5) is 9.61. The van der Waals surface area contributed by atoms with Gasteiger partial charge in [0, 0.05) is 41.3 Å². The number of imidazole rings is 1. The van der Waals surface area contributed by atoms with Gasteiger partial charge in [0.1, 0.15) is 5.82 Å². The summed E-state index contributed by atoms with van der Waals surface area (Å²) in [5.74, 6) is 2.28. The molecule has 59 heavy (non-hydrogen) atoms. The van der Waals surface area contributed by atoms with Crippen molar-refractivity contribution >= 4 is 32.8 Å². The molecule has 0 spiro atoms. The molecule has 0 saturated carbocycles. The zero-order valence-corrected chi connectivity index (χ0v) is 38.5. The largest absolute Gasteiger partial charge is 0.522 e. The Morgan fingerprint density at radius 3 is 1.98 bits per heavy atom. The Kier molecular flexibility index (Phi) is 10.1. The molecule has 4 aromatic heterocycles. The van der Waals surface area contributed by atoms with Crippen molar-refractivity contribution in [2.24, 2.45) is 5.41 Å². The average Bonchev–Trinajstić information content (AvgIpc) is 3.72. The number of aromatic nitrogens is 5. The number of pyridine rings is 2. The molecule has 0 radical (unpaired) electrons. The van der Waals surface area contributed by atoms with Crippen molar-refractivity contribution in [2.45, 2.75) is 106 Å². The van der Waals surface area contributed by atoms with E-state index in [1.54, 1.807) is 12.3 Å². The van der Waals surface area contributed by atoms with Crippen LogP contribution in [0.2, 0.25) is 0 Å². The van der Waals surface area contributed by atoms with Crippen LogP contribution in [0.25, 0.3) is 50.2 Å². The Morgan fingerprint density at radius 1 is 0.644 bits per heavy atom. The minimum Gasteiger partial charge on any atom is -0.522 e. The zero-order valence-electron chi connectivity index (χ0n) is 38.3. The van der Waals surface area contributed by atoms with Crippen LogP contribution in [0.5, 0.6) is 11.5 Å². The summed E-state index contributed by atoms with van der Waals surface area (Å²) in [5.41, 5.74) is 8.20. The Hall–Kier alpha value is -5.06. The van der Waals surface area contributed by atoms with Gasteiger partial charge in [-0.3, -0.25) is 14.1 Å². The van der Waals surface area contributed by atoms with Crippen molar-refractivity contribution in [1.82, 2.24) is 19.1 Å². The molecule has 6 nitrogen and oxygen atoms in total. The summed E-state index contributed by atoms with van der Waals surface area (Å²) in [6.07, 6.45) is 5.64. The predicted octanol–water partition coefficient (Wildman–Crippen LogP) is 12.5. The second-order valence-electron chi connectivity index (χ2n) is 19.6. The molecule has 0 aliphatic heterocycles. The Labute approximate surface area is 367 Å². The molecule has 0 fully saturated rings. The summed E-state index contributed by atoms with van der Waals surface area (Å²) in [6.45, 7) is 25.9. The van der Waals surface area contributed by atoms with Crippen LogP contribution in [-0.2, 0) is 43.7 Å². The molecule has 7 heteroatoms. The molecule has 4 heterocycles. The van der Waals surface area contributed by atoms with E-state index in [4.69, 9.17) is 17.4 Å². The molecule has 306 valence electrons. The van der Waals surface area contributed by atoms with Gasteiger partial charge < -0.3 is 9.30 Å². The van der Waals surface area contributed by atoms with Crippen molar-refractivity contribution in [2.75, 3.05) is 0 Å². The fraction of sp³-hybridized carbons (Fsp3) is 0.327. The van der Waals surface area contributed by atoms with E-state index in [0.29, 0.717) is 22.9 Å². The molecule has 0 saturated heterocycles. The quantitative estimate of drug-likeness (QED) is 0.123. The number of hydrogen-bond donors (Lipinski definition) is 0. The zero-order chi connectivity index (χ0) is 43.2. The van der Waals surface area contributed by atoms with Crippen molar-refractivity contribution in [1.29, 1.82) is 0 Å². The third-order valence-electron chi connectivity index (χ3n) is 10.6. The Bertz CT molecular complexity index is 2900. The van der Waals surface area contributed by atoms with Crippen molar-refractivity contribution in [3.63, 3.8) is 0 Å². The van der Waals surface area contributed by atoms with Crippen LogP contribution in [0, 0.1) is 23.9 Å². The maximum Gasteiger partial charge on any atom is 0.269 e. The van der Waals surface area contributed by atoms with E-state index in [-0.39, 0.29) is 37.3 Å². The Balaban J connectivity index is 0.00000561. The monoisotopic (exact) mass is 962 g/mol. The van der Waals surface area contributed by atoms with Crippen LogP contribution in [0.1, 0.15) is 108 Å². The van der Waals surface area contributed by atoms with Gasteiger partial charge >= 0.3 is 0 Å². The maximum absolute atomic E-state index is 9.07. The first-order valence-corrected chi connectivity index (χ1v) is 20.2. The molecular formula is C52H55N5OPt-2. The van der Waals surface area contributed by atoms with E-state index in [1.807, 2.05) is 74.0 Å². The molecule has 0 aliphatic carbocycles. The summed E-state index contributed by atoms with van der Waals surface area (Å²) >= 11 is 0. The minimum atomic E-state index is -1.56. The van der Waals surface area contributed by atoms with Gasteiger partial charge in [0.2, 0.25) is 0 Å². The molecule has 0 amide bonds. The van der Waals surface area contributed by atoms with Crippen LogP contribution in [0.15, 0.2) is 103 Å².